The van der Waals surface area contributed by atoms with Crippen LogP contribution in [0.25, 0.3) is 0 Å². The zero-order valence-corrected chi connectivity index (χ0v) is 14.5. The maximum absolute atomic E-state index is 13.4. The van der Waals surface area contributed by atoms with Crippen LogP contribution in [0.4, 0.5) is 4.39 Å². The Hall–Kier alpha value is -0.940. The summed E-state index contributed by atoms with van der Waals surface area (Å²) in [7, 11) is 0. The quantitative estimate of drug-likeness (QED) is 0.867. The lowest BCUT2D eigenvalue weighted by Crippen LogP contribution is -2.28. The van der Waals surface area contributed by atoms with E-state index in [1.165, 1.54) is 11.6 Å². The number of hydrogen-bond acceptors (Lipinski definition) is 2. The highest BCUT2D eigenvalue weighted by atomic mass is 79.9. The minimum Gasteiger partial charge on any atom is -0.326 e. The second kappa shape index (κ2) is 7.55. The summed E-state index contributed by atoms with van der Waals surface area (Å²) in [5.74, 6) is 0.148. The Morgan fingerprint density at radius 2 is 1.86 bits per heavy atom. The average Bonchev–Trinajstić information content (AvgIpc) is 2.84. The lowest BCUT2D eigenvalue weighted by atomic mass is 9.95. The van der Waals surface area contributed by atoms with Gasteiger partial charge in [0.25, 0.3) is 0 Å². The first kappa shape index (κ1) is 17.4. The van der Waals surface area contributed by atoms with Crippen LogP contribution in [0.2, 0.25) is 0 Å². The molecular weight excluding hydrogens is 367 g/mol. The van der Waals surface area contributed by atoms with E-state index in [2.05, 4.69) is 33.0 Å². The monoisotopic (exact) mass is 384 g/mol. The second-order valence-corrected chi connectivity index (χ2v) is 6.47. The van der Waals surface area contributed by atoms with Crippen molar-refractivity contribution in [1.82, 2.24) is 4.90 Å². The molecule has 0 saturated carbocycles. The molecule has 2 aromatic rings. The first-order valence-electron chi connectivity index (χ1n) is 7.10. The molecule has 1 saturated heterocycles. The van der Waals surface area contributed by atoms with Gasteiger partial charge < -0.3 is 5.73 Å². The molecule has 5 heteroatoms. The van der Waals surface area contributed by atoms with Crippen molar-refractivity contribution in [3.63, 3.8) is 0 Å². The van der Waals surface area contributed by atoms with E-state index in [4.69, 9.17) is 5.73 Å². The zero-order valence-electron chi connectivity index (χ0n) is 12.1. The average molecular weight is 386 g/mol. The Bertz CT molecular complexity index is 623. The van der Waals surface area contributed by atoms with E-state index in [9.17, 15) is 4.39 Å². The molecule has 2 N–H and O–H groups in total. The molecule has 0 spiro atoms. The van der Waals surface area contributed by atoms with Crippen molar-refractivity contribution in [3.05, 3.63) is 69.9 Å². The van der Waals surface area contributed by atoms with Crippen LogP contribution in [-0.2, 0) is 6.54 Å². The third kappa shape index (κ3) is 3.87. The highest BCUT2D eigenvalue weighted by Gasteiger charge is 2.31. The number of rotatable bonds is 3. The van der Waals surface area contributed by atoms with Gasteiger partial charge in [0.15, 0.2) is 0 Å². The van der Waals surface area contributed by atoms with Crippen molar-refractivity contribution in [3.8, 4) is 0 Å². The summed E-state index contributed by atoms with van der Waals surface area (Å²) in [6.07, 6.45) is 0. The number of hydrogen-bond donors (Lipinski definition) is 1. The Balaban J connectivity index is 0.00000176. The summed E-state index contributed by atoms with van der Waals surface area (Å²) < 4.78 is 14.3. The van der Waals surface area contributed by atoms with Gasteiger partial charge in [0.1, 0.15) is 5.82 Å². The second-order valence-electron chi connectivity index (χ2n) is 5.61. The topological polar surface area (TPSA) is 29.3 Å². The maximum atomic E-state index is 13.4. The van der Waals surface area contributed by atoms with Crippen molar-refractivity contribution >= 4 is 28.3 Å². The Morgan fingerprint density at radius 3 is 2.59 bits per heavy atom. The van der Waals surface area contributed by atoms with Gasteiger partial charge in [-0.15, -0.1) is 12.4 Å². The SMILES string of the molecule is Cl.N[C@@H]1CN(Cc2cc(F)ccc2Br)C[C@H]1c1ccccc1. The predicted octanol–water partition coefficient (Wildman–Crippen LogP) is 3.94. The molecule has 22 heavy (non-hydrogen) atoms. The third-order valence-corrected chi connectivity index (χ3v) is 4.84. The molecule has 0 unspecified atom stereocenters. The van der Waals surface area contributed by atoms with Gasteiger partial charge in [-0.25, -0.2) is 4.39 Å². The Morgan fingerprint density at radius 1 is 1.14 bits per heavy atom. The minimum atomic E-state index is -0.198. The van der Waals surface area contributed by atoms with Crippen LogP contribution in [0.3, 0.4) is 0 Å². The van der Waals surface area contributed by atoms with Crippen molar-refractivity contribution in [2.45, 2.75) is 18.5 Å². The highest BCUT2D eigenvalue weighted by molar-refractivity contribution is 9.10. The van der Waals surface area contributed by atoms with Crippen LogP contribution in [0.1, 0.15) is 17.0 Å². The molecule has 0 amide bonds. The molecule has 0 aliphatic carbocycles. The fourth-order valence-corrected chi connectivity index (χ4v) is 3.37. The van der Waals surface area contributed by atoms with Gasteiger partial charge in [-0.05, 0) is 29.3 Å². The van der Waals surface area contributed by atoms with Crippen molar-refractivity contribution in [2.75, 3.05) is 13.1 Å². The van der Waals surface area contributed by atoms with E-state index in [0.717, 1.165) is 29.7 Å². The van der Waals surface area contributed by atoms with Crippen LogP contribution in [0.5, 0.6) is 0 Å². The van der Waals surface area contributed by atoms with Gasteiger partial charge in [-0.3, -0.25) is 4.90 Å². The normalized spacial score (nSPS) is 21.6. The number of halogens is 3. The fraction of sp³-hybridized carbons (Fsp3) is 0.294. The predicted molar refractivity (Wildman–Crippen MR) is 93.8 cm³/mol. The molecule has 1 heterocycles. The maximum Gasteiger partial charge on any atom is 0.123 e. The van der Waals surface area contributed by atoms with E-state index >= 15 is 0 Å². The first-order chi connectivity index (χ1) is 10.1. The summed E-state index contributed by atoms with van der Waals surface area (Å²) in [5.41, 5.74) is 8.55. The van der Waals surface area contributed by atoms with Crippen molar-refractivity contribution in [1.29, 1.82) is 0 Å². The Labute approximate surface area is 145 Å². The molecule has 0 aromatic heterocycles. The van der Waals surface area contributed by atoms with E-state index in [0.29, 0.717) is 5.92 Å². The molecule has 3 rings (SSSR count). The zero-order chi connectivity index (χ0) is 14.8. The van der Waals surface area contributed by atoms with Crippen LogP contribution in [0, 0.1) is 5.82 Å². The number of benzene rings is 2. The van der Waals surface area contributed by atoms with Crippen molar-refractivity contribution < 1.29 is 4.39 Å². The van der Waals surface area contributed by atoms with Crippen molar-refractivity contribution in [2.24, 2.45) is 5.73 Å². The van der Waals surface area contributed by atoms with Gasteiger partial charge in [0, 0.05) is 36.1 Å². The van der Waals surface area contributed by atoms with Gasteiger partial charge in [0.2, 0.25) is 0 Å². The van der Waals surface area contributed by atoms with E-state index in [-0.39, 0.29) is 24.3 Å². The molecule has 118 valence electrons. The van der Waals surface area contributed by atoms with Gasteiger partial charge in [-0.1, -0.05) is 46.3 Å². The van der Waals surface area contributed by atoms with E-state index < -0.39 is 0 Å². The molecule has 1 aliphatic rings. The number of likely N-dealkylation sites (tertiary alicyclic amines) is 1. The third-order valence-electron chi connectivity index (χ3n) is 4.07. The van der Waals surface area contributed by atoms with Gasteiger partial charge in [0.05, 0.1) is 0 Å². The number of nitrogens with zero attached hydrogens (tertiary/aromatic N) is 1. The minimum absolute atomic E-state index is 0. The smallest absolute Gasteiger partial charge is 0.123 e. The summed E-state index contributed by atoms with van der Waals surface area (Å²) >= 11 is 3.49. The largest absolute Gasteiger partial charge is 0.326 e. The Kier molecular flexibility index (Phi) is 5.98. The molecule has 0 radical (unpaired) electrons. The van der Waals surface area contributed by atoms with E-state index in [1.807, 2.05) is 18.2 Å². The van der Waals surface area contributed by atoms with Gasteiger partial charge in [-0.2, -0.15) is 0 Å². The summed E-state index contributed by atoms with van der Waals surface area (Å²) in [5, 5.41) is 0. The van der Waals surface area contributed by atoms with Crippen LogP contribution in [0.15, 0.2) is 53.0 Å². The number of nitrogens with two attached hydrogens (primary N) is 1. The molecule has 1 aliphatic heterocycles. The summed E-state index contributed by atoms with van der Waals surface area (Å²) in [4.78, 5) is 2.29. The fourth-order valence-electron chi connectivity index (χ4n) is 3.00. The molecule has 2 aromatic carbocycles. The van der Waals surface area contributed by atoms with Crippen LogP contribution in [-0.4, -0.2) is 24.0 Å². The lowest BCUT2D eigenvalue weighted by molar-refractivity contribution is 0.322. The highest BCUT2D eigenvalue weighted by Crippen LogP contribution is 2.28. The standard InChI is InChI=1S/C17H18BrFN2.ClH/c18-16-7-6-14(19)8-13(16)9-21-10-15(17(20)11-21)12-4-2-1-3-5-12;/h1-8,15,17H,9-11,20H2;1H/t15-,17+;/m0./s1. The molecular formula is C17H19BrClFN2. The molecule has 0 bridgehead atoms. The lowest BCUT2D eigenvalue weighted by Gasteiger charge is -2.17. The molecule has 1 fully saturated rings. The van der Waals surface area contributed by atoms with Crippen LogP contribution < -0.4 is 5.73 Å². The molecule has 2 atom stereocenters. The van der Waals surface area contributed by atoms with E-state index in [1.54, 1.807) is 12.1 Å². The first-order valence-corrected chi connectivity index (χ1v) is 7.89. The van der Waals surface area contributed by atoms with Crippen LogP contribution >= 0.6 is 28.3 Å². The van der Waals surface area contributed by atoms with Gasteiger partial charge >= 0.3 is 0 Å². The summed E-state index contributed by atoms with van der Waals surface area (Å²) in [6, 6.07) is 15.3. The molecule has 2 nitrogen and oxygen atoms in total. The summed E-state index contributed by atoms with van der Waals surface area (Å²) in [6.45, 7) is 2.46.